The number of aromatic nitrogens is 2. The molecule has 0 unspecified atom stereocenters. The highest BCUT2D eigenvalue weighted by atomic mass is 16.4. The van der Waals surface area contributed by atoms with Gasteiger partial charge in [0.2, 0.25) is 0 Å². The molecule has 0 aliphatic rings. The number of hydrogen-bond acceptors (Lipinski definition) is 4. The van der Waals surface area contributed by atoms with Gasteiger partial charge in [0, 0.05) is 18.1 Å². The molecule has 0 aromatic carbocycles. The molecule has 5 heteroatoms. The van der Waals surface area contributed by atoms with Crippen LogP contribution in [-0.2, 0) is 0 Å². The molecule has 16 heavy (non-hydrogen) atoms. The summed E-state index contributed by atoms with van der Waals surface area (Å²) in [5.41, 5.74) is 1.47. The molecule has 0 fully saturated rings. The van der Waals surface area contributed by atoms with E-state index in [1.807, 2.05) is 6.07 Å². The van der Waals surface area contributed by atoms with E-state index in [1.165, 1.54) is 12.3 Å². The Morgan fingerprint density at radius 1 is 1.25 bits per heavy atom. The summed E-state index contributed by atoms with van der Waals surface area (Å²) >= 11 is 0. The number of carboxylic acids is 1. The van der Waals surface area contributed by atoms with Gasteiger partial charge in [0.15, 0.2) is 0 Å². The van der Waals surface area contributed by atoms with Crippen LogP contribution in [0.5, 0.6) is 0 Å². The van der Waals surface area contributed by atoms with Crippen molar-refractivity contribution in [1.29, 1.82) is 0 Å². The number of carboxylic acid groups (broad SMARTS) is 1. The monoisotopic (exact) mass is 215 g/mol. The van der Waals surface area contributed by atoms with E-state index >= 15 is 0 Å². The van der Waals surface area contributed by atoms with Crippen LogP contribution in [0.2, 0.25) is 0 Å². The molecule has 2 rings (SSSR count). The molecular formula is C11H9N3O2. The molecule has 2 aromatic rings. The van der Waals surface area contributed by atoms with Gasteiger partial charge in [-0.2, -0.15) is 0 Å². The van der Waals surface area contributed by atoms with Gasteiger partial charge in [0.05, 0.1) is 11.9 Å². The topological polar surface area (TPSA) is 75.1 Å². The smallest absolute Gasteiger partial charge is 0.354 e. The SMILES string of the molecule is O=C(O)c1cc(Nc2cccnc2)ccn1. The summed E-state index contributed by atoms with van der Waals surface area (Å²) < 4.78 is 0. The van der Waals surface area contributed by atoms with E-state index in [-0.39, 0.29) is 5.69 Å². The molecule has 2 heterocycles. The summed E-state index contributed by atoms with van der Waals surface area (Å²) in [7, 11) is 0. The van der Waals surface area contributed by atoms with E-state index in [2.05, 4.69) is 15.3 Å². The number of hydrogen-bond donors (Lipinski definition) is 2. The van der Waals surface area contributed by atoms with Gasteiger partial charge < -0.3 is 10.4 Å². The highest BCUT2D eigenvalue weighted by Gasteiger charge is 2.04. The largest absolute Gasteiger partial charge is 0.477 e. The van der Waals surface area contributed by atoms with Crippen LogP contribution in [0.25, 0.3) is 0 Å². The Balaban J connectivity index is 2.22. The summed E-state index contributed by atoms with van der Waals surface area (Å²) in [5, 5.41) is 11.8. The normalized spacial score (nSPS) is 9.75. The van der Waals surface area contributed by atoms with Gasteiger partial charge >= 0.3 is 5.97 Å². The Bertz CT molecular complexity index is 500. The van der Waals surface area contributed by atoms with Crippen molar-refractivity contribution in [2.75, 3.05) is 5.32 Å². The minimum atomic E-state index is -1.05. The Kier molecular flexibility index (Phi) is 2.77. The van der Waals surface area contributed by atoms with Crippen LogP contribution < -0.4 is 5.32 Å². The molecule has 2 aromatic heterocycles. The maximum absolute atomic E-state index is 10.7. The highest BCUT2D eigenvalue weighted by molar-refractivity contribution is 5.86. The van der Waals surface area contributed by atoms with Gasteiger partial charge in [-0.3, -0.25) is 4.98 Å². The van der Waals surface area contributed by atoms with Crippen molar-refractivity contribution in [2.24, 2.45) is 0 Å². The maximum Gasteiger partial charge on any atom is 0.354 e. The van der Waals surface area contributed by atoms with E-state index in [4.69, 9.17) is 5.11 Å². The second-order valence-electron chi connectivity index (χ2n) is 3.10. The minimum Gasteiger partial charge on any atom is -0.477 e. The molecule has 0 saturated carbocycles. The second-order valence-corrected chi connectivity index (χ2v) is 3.10. The zero-order chi connectivity index (χ0) is 11.4. The molecular weight excluding hydrogens is 206 g/mol. The van der Waals surface area contributed by atoms with Crippen LogP contribution in [0.1, 0.15) is 10.5 Å². The molecule has 0 bridgehead atoms. The third kappa shape index (κ3) is 2.33. The molecule has 0 spiro atoms. The molecule has 5 nitrogen and oxygen atoms in total. The first-order valence-electron chi connectivity index (χ1n) is 4.62. The Hall–Kier alpha value is -2.43. The molecule has 2 N–H and O–H groups in total. The van der Waals surface area contributed by atoms with Crippen LogP contribution in [0.3, 0.4) is 0 Å². The lowest BCUT2D eigenvalue weighted by atomic mass is 10.3. The third-order valence-corrected chi connectivity index (χ3v) is 1.93. The number of anilines is 2. The molecule has 0 saturated heterocycles. The van der Waals surface area contributed by atoms with Crippen molar-refractivity contribution < 1.29 is 9.90 Å². The fourth-order valence-corrected chi connectivity index (χ4v) is 1.23. The second kappa shape index (κ2) is 4.39. The molecule has 0 atom stereocenters. The van der Waals surface area contributed by atoms with E-state index in [0.29, 0.717) is 5.69 Å². The van der Waals surface area contributed by atoms with Gasteiger partial charge in [-0.1, -0.05) is 0 Å². The Labute approximate surface area is 91.8 Å². The zero-order valence-corrected chi connectivity index (χ0v) is 8.29. The number of carbonyl (C=O) groups is 1. The van der Waals surface area contributed by atoms with Gasteiger partial charge in [-0.15, -0.1) is 0 Å². The van der Waals surface area contributed by atoms with Gasteiger partial charge in [0.25, 0.3) is 0 Å². The van der Waals surface area contributed by atoms with Crippen LogP contribution in [-0.4, -0.2) is 21.0 Å². The fraction of sp³-hybridized carbons (Fsp3) is 0. The first-order valence-corrected chi connectivity index (χ1v) is 4.62. The first kappa shape index (κ1) is 10.1. The Morgan fingerprint density at radius 3 is 2.81 bits per heavy atom. The van der Waals surface area contributed by atoms with Crippen LogP contribution in [0.15, 0.2) is 42.9 Å². The van der Waals surface area contributed by atoms with E-state index in [0.717, 1.165) is 5.69 Å². The molecule has 0 amide bonds. The quantitative estimate of drug-likeness (QED) is 0.818. The van der Waals surface area contributed by atoms with Crippen molar-refractivity contribution in [3.8, 4) is 0 Å². The maximum atomic E-state index is 10.7. The summed E-state index contributed by atoms with van der Waals surface area (Å²) in [6.45, 7) is 0. The fourth-order valence-electron chi connectivity index (χ4n) is 1.23. The molecule has 0 radical (unpaired) electrons. The zero-order valence-electron chi connectivity index (χ0n) is 8.29. The van der Waals surface area contributed by atoms with Crippen molar-refractivity contribution in [3.63, 3.8) is 0 Å². The summed E-state index contributed by atoms with van der Waals surface area (Å²) in [4.78, 5) is 18.4. The Morgan fingerprint density at radius 2 is 2.12 bits per heavy atom. The van der Waals surface area contributed by atoms with E-state index in [1.54, 1.807) is 24.5 Å². The van der Waals surface area contributed by atoms with Gasteiger partial charge in [0.1, 0.15) is 5.69 Å². The predicted octanol–water partition coefficient (Wildman–Crippen LogP) is 1.92. The summed E-state index contributed by atoms with van der Waals surface area (Å²) in [5.74, 6) is -1.05. The van der Waals surface area contributed by atoms with E-state index in [9.17, 15) is 4.79 Å². The standard InChI is InChI=1S/C11H9N3O2/c15-11(16)10-6-8(3-5-13-10)14-9-2-1-4-12-7-9/h1-7H,(H,13,14)(H,15,16). The van der Waals surface area contributed by atoms with Gasteiger partial charge in [-0.05, 0) is 24.3 Å². The third-order valence-electron chi connectivity index (χ3n) is 1.93. The van der Waals surface area contributed by atoms with Gasteiger partial charge in [-0.25, -0.2) is 9.78 Å². The van der Waals surface area contributed by atoms with Crippen molar-refractivity contribution >= 4 is 17.3 Å². The van der Waals surface area contributed by atoms with Crippen molar-refractivity contribution in [2.45, 2.75) is 0 Å². The van der Waals surface area contributed by atoms with Crippen LogP contribution in [0.4, 0.5) is 11.4 Å². The van der Waals surface area contributed by atoms with Crippen LogP contribution >= 0.6 is 0 Å². The highest BCUT2D eigenvalue weighted by Crippen LogP contribution is 2.15. The number of rotatable bonds is 3. The predicted molar refractivity (Wildman–Crippen MR) is 58.7 cm³/mol. The summed E-state index contributed by atoms with van der Waals surface area (Å²) in [6.07, 6.45) is 4.77. The minimum absolute atomic E-state index is 0.00823. The van der Waals surface area contributed by atoms with Crippen molar-refractivity contribution in [1.82, 2.24) is 9.97 Å². The van der Waals surface area contributed by atoms with E-state index < -0.39 is 5.97 Å². The first-order chi connectivity index (χ1) is 7.75. The lowest BCUT2D eigenvalue weighted by Gasteiger charge is -2.05. The molecule has 0 aliphatic carbocycles. The molecule has 0 aliphatic heterocycles. The van der Waals surface area contributed by atoms with Crippen molar-refractivity contribution in [3.05, 3.63) is 48.5 Å². The lowest BCUT2D eigenvalue weighted by molar-refractivity contribution is 0.0690. The lowest BCUT2D eigenvalue weighted by Crippen LogP contribution is -2.01. The summed E-state index contributed by atoms with van der Waals surface area (Å²) in [6, 6.07) is 6.80. The molecule has 80 valence electrons. The number of nitrogens with zero attached hydrogens (tertiary/aromatic N) is 2. The average molecular weight is 215 g/mol. The number of pyridine rings is 2. The number of aromatic carboxylic acids is 1. The number of nitrogens with one attached hydrogen (secondary N) is 1. The van der Waals surface area contributed by atoms with Crippen LogP contribution in [0, 0.1) is 0 Å². The average Bonchev–Trinajstić information content (AvgIpc) is 2.30.